The number of rotatable bonds is 3. The second-order valence-electron chi connectivity index (χ2n) is 5.98. The van der Waals surface area contributed by atoms with Crippen molar-refractivity contribution >= 4 is 0 Å². The fourth-order valence-electron chi connectivity index (χ4n) is 2.81. The Balaban J connectivity index is 1.93. The lowest BCUT2D eigenvalue weighted by molar-refractivity contribution is 0.190. The Morgan fingerprint density at radius 3 is 2.88 bits per heavy atom. The molecule has 0 radical (unpaired) electrons. The van der Waals surface area contributed by atoms with E-state index in [9.17, 15) is 0 Å². The van der Waals surface area contributed by atoms with Crippen LogP contribution in [0.4, 0.5) is 0 Å². The third-order valence-corrected chi connectivity index (χ3v) is 3.72. The monoisotopic (exact) mass is 233 g/mol. The maximum atomic E-state index is 4.36. The molecule has 1 heterocycles. The van der Waals surface area contributed by atoms with Crippen LogP contribution in [0.1, 0.15) is 58.2 Å². The first kappa shape index (κ1) is 12.5. The molecule has 3 heteroatoms. The fourth-order valence-corrected chi connectivity index (χ4v) is 2.81. The van der Waals surface area contributed by atoms with Crippen molar-refractivity contribution in [2.75, 3.05) is 0 Å². The van der Waals surface area contributed by atoms with Gasteiger partial charge in [-0.05, 0) is 31.6 Å². The van der Waals surface area contributed by atoms with Gasteiger partial charge in [-0.15, -0.1) is 0 Å². The highest BCUT2D eigenvalue weighted by atomic mass is 15.0. The molecule has 2 unspecified atom stereocenters. The second kappa shape index (κ2) is 5.13. The van der Waals surface area contributed by atoms with Crippen LogP contribution >= 0.6 is 0 Å². The zero-order chi connectivity index (χ0) is 12.3. The van der Waals surface area contributed by atoms with E-state index in [1.165, 1.54) is 25.7 Å². The summed E-state index contributed by atoms with van der Waals surface area (Å²) in [5.74, 6) is 0. The Kier molecular flexibility index (Phi) is 3.77. The highest BCUT2D eigenvalue weighted by molar-refractivity contribution is 5.01. The minimum atomic E-state index is 0.294. The highest BCUT2D eigenvalue weighted by Gasteiger charge is 2.28. The van der Waals surface area contributed by atoms with Crippen LogP contribution in [-0.4, -0.2) is 16.0 Å². The summed E-state index contributed by atoms with van der Waals surface area (Å²) in [5, 5.41) is 3.69. The standard InChI is InChI=1S/C14H23N3/c1-11(13-10-15-7-8-16-13)17-12-5-4-6-14(2,3)9-12/h7-8,10-12,17H,4-6,9H2,1-3H3. The molecule has 3 nitrogen and oxygen atoms in total. The first-order chi connectivity index (χ1) is 8.07. The van der Waals surface area contributed by atoms with Crippen LogP contribution in [0.3, 0.4) is 0 Å². The number of nitrogens with zero attached hydrogens (tertiary/aromatic N) is 2. The van der Waals surface area contributed by atoms with Crippen LogP contribution in [0.2, 0.25) is 0 Å². The molecule has 0 aromatic carbocycles. The predicted octanol–water partition coefficient (Wildman–Crippen LogP) is 3.10. The van der Waals surface area contributed by atoms with E-state index in [1.807, 2.05) is 6.20 Å². The Labute approximate surface area is 104 Å². The van der Waals surface area contributed by atoms with E-state index in [1.54, 1.807) is 12.4 Å². The molecule has 1 N–H and O–H groups in total. The average Bonchev–Trinajstić information content (AvgIpc) is 2.29. The molecular formula is C14H23N3. The van der Waals surface area contributed by atoms with Gasteiger partial charge in [-0.25, -0.2) is 0 Å². The van der Waals surface area contributed by atoms with Crippen LogP contribution < -0.4 is 5.32 Å². The van der Waals surface area contributed by atoms with Gasteiger partial charge < -0.3 is 5.32 Å². The summed E-state index contributed by atoms with van der Waals surface area (Å²) in [6, 6.07) is 0.915. The number of hydrogen-bond acceptors (Lipinski definition) is 3. The smallest absolute Gasteiger partial charge is 0.0753 e. The molecule has 0 aliphatic heterocycles. The van der Waals surface area contributed by atoms with Crippen LogP contribution in [0.25, 0.3) is 0 Å². The lowest BCUT2D eigenvalue weighted by Crippen LogP contribution is -2.38. The second-order valence-corrected chi connectivity index (χ2v) is 5.98. The van der Waals surface area contributed by atoms with E-state index in [2.05, 4.69) is 36.1 Å². The van der Waals surface area contributed by atoms with Crippen LogP contribution in [0.5, 0.6) is 0 Å². The molecule has 1 aromatic rings. The molecule has 2 atom stereocenters. The topological polar surface area (TPSA) is 37.8 Å². The zero-order valence-electron chi connectivity index (χ0n) is 11.1. The van der Waals surface area contributed by atoms with E-state index in [0.29, 0.717) is 17.5 Å². The zero-order valence-corrected chi connectivity index (χ0v) is 11.1. The molecule has 1 aromatic heterocycles. The first-order valence-corrected chi connectivity index (χ1v) is 6.59. The van der Waals surface area contributed by atoms with Gasteiger partial charge >= 0.3 is 0 Å². The van der Waals surface area contributed by atoms with E-state index >= 15 is 0 Å². The van der Waals surface area contributed by atoms with Crippen molar-refractivity contribution in [1.29, 1.82) is 0 Å². The Hall–Kier alpha value is -0.960. The molecule has 94 valence electrons. The van der Waals surface area contributed by atoms with Crippen molar-refractivity contribution in [3.63, 3.8) is 0 Å². The molecule has 1 fully saturated rings. The van der Waals surface area contributed by atoms with Crippen molar-refractivity contribution in [2.45, 2.75) is 58.5 Å². The lowest BCUT2D eigenvalue weighted by atomic mass is 9.75. The Morgan fingerprint density at radius 2 is 2.24 bits per heavy atom. The summed E-state index contributed by atoms with van der Waals surface area (Å²) < 4.78 is 0. The van der Waals surface area contributed by atoms with Crippen molar-refractivity contribution in [2.24, 2.45) is 5.41 Å². The SMILES string of the molecule is CC(NC1CCCC(C)(C)C1)c1cnccn1. The predicted molar refractivity (Wildman–Crippen MR) is 69.6 cm³/mol. The molecule has 0 bridgehead atoms. The van der Waals surface area contributed by atoms with Gasteiger partial charge in [0.2, 0.25) is 0 Å². The highest BCUT2D eigenvalue weighted by Crippen LogP contribution is 2.35. The third-order valence-electron chi connectivity index (χ3n) is 3.72. The minimum absolute atomic E-state index is 0.294. The van der Waals surface area contributed by atoms with E-state index in [-0.39, 0.29) is 0 Å². The molecule has 2 rings (SSSR count). The van der Waals surface area contributed by atoms with Gasteiger partial charge in [0, 0.05) is 30.7 Å². The lowest BCUT2D eigenvalue weighted by Gasteiger charge is -2.36. The normalized spacial score (nSPS) is 25.5. The molecule has 1 saturated carbocycles. The fraction of sp³-hybridized carbons (Fsp3) is 0.714. The first-order valence-electron chi connectivity index (χ1n) is 6.59. The van der Waals surface area contributed by atoms with Gasteiger partial charge in [0.1, 0.15) is 0 Å². The Bertz CT molecular complexity index is 348. The third kappa shape index (κ3) is 3.50. The van der Waals surface area contributed by atoms with Gasteiger partial charge in [-0.2, -0.15) is 0 Å². The average molecular weight is 233 g/mol. The van der Waals surface area contributed by atoms with Crippen molar-refractivity contribution in [3.05, 3.63) is 24.3 Å². The van der Waals surface area contributed by atoms with E-state index < -0.39 is 0 Å². The maximum Gasteiger partial charge on any atom is 0.0753 e. The largest absolute Gasteiger partial charge is 0.306 e. The van der Waals surface area contributed by atoms with Crippen molar-refractivity contribution in [3.8, 4) is 0 Å². The van der Waals surface area contributed by atoms with Gasteiger partial charge in [0.15, 0.2) is 0 Å². The van der Waals surface area contributed by atoms with Gasteiger partial charge in [0.25, 0.3) is 0 Å². The van der Waals surface area contributed by atoms with Gasteiger partial charge in [-0.3, -0.25) is 9.97 Å². The molecule has 1 aliphatic rings. The van der Waals surface area contributed by atoms with Crippen LogP contribution in [0.15, 0.2) is 18.6 Å². The summed E-state index contributed by atoms with van der Waals surface area (Å²) >= 11 is 0. The quantitative estimate of drug-likeness (QED) is 0.871. The molecule has 0 amide bonds. The summed E-state index contributed by atoms with van der Waals surface area (Å²) in [6.07, 6.45) is 10.6. The van der Waals surface area contributed by atoms with Gasteiger partial charge in [-0.1, -0.05) is 20.3 Å². The Morgan fingerprint density at radius 1 is 1.41 bits per heavy atom. The number of hydrogen-bond donors (Lipinski definition) is 1. The summed E-state index contributed by atoms with van der Waals surface area (Å²) in [7, 11) is 0. The summed E-state index contributed by atoms with van der Waals surface area (Å²) in [4.78, 5) is 8.48. The van der Waals surface area contributed by atoms with Crippen molar-refractivity contribution in [1.82, 2.24) is 15.3 Å². The van der Waals surface area contributed by atoms with E-state index in [0.717, 1.165) is 5.69 Å². The van der Waals surface area contributed by atoms with Gasteiger partial charge in [0.05, 0.1) is 5.69 Å². The molecule has 17 heavy (non-hydrogen) atoms. The number of nitrogens with one attached hydrogen (secondary N) is 1. The molecule has 0 spiro atoms. The maximum absolute atomic E-state index is 4.36. The molecular weight excluding hydrogens is 210 g/mol. The van der Waals surface area contributed by atoms with Crippen LogP contribution in [0, 0.1) is 5.41 Å². The van der Waals surface area contributed by atoms with E-state index in [4.69, 9.17) is 0 Å². The summed E-state index contributed by atoms with van der Waals surface area (Å²) in [6.45, 7) is 6.91. The van der Waals surface area contributed by atoms with Crippen LogP contribution in [-0.2, 0) is 0 Å². The van der Waals surface area contributed by atoms with Crippen molar-refractivity contribution < 1.29 is 0 Å². The minimum Gasteiger partial charge on any atom is -0.306 e. The molecule has 1 aliphatic carbocycles. The number of aromatic nitrogens is 2. The summed E-state index contributed by atoms with van der Waals surface area (Å²) in [5.41, 5.74) is 1.52. The molecule has 0 saturated heterocycles.